The normalized spacial score (nSPS) is 13.0. The Bertz CT molecular complexity index is 125. The van der Waals surface area contributed by atoms with Crippen molar-refractivity contribution in [3.8, 4) is 0 Å². The van der Waals surface area contributed by atoms with Gasteiger partial charge in [-0.05, 0) is 19.3 Å². The van der Waals surface area contributed by atoms with Gasteiger partial charge in [-0.25, -0.2) is 0 Å². The molecule has 0 aromatic heterocycles. The van der Waals surface area contributed by atoms with Gasteiger partial charge in [0.05, 0.1) is 6.61 Å². The molecule has 1 unspecified atom stereocenters. The molecule has 0 aromatic rings. The summed E-state index contributed by atoms with van der Waals surface area (Å²) in [5.41, 5.74) is 0. The highest BCUT2D eigenvalue weighted by Gasteiger charge is 2.02. The topological polar surface area (TPSA) is 30.5 Å². The van der Waals surface area contributed by atoms with Crippen LogP contribution in [0.25, 0.3) is 0 Å². The molecule has 4 heteroatoms. The molecule has 0 aliphatic heterocycles. The van der Waals surface area contributed by atoms with E-state index in [-0.39, 0.29) is 0 Å². The molecule has 0 saturated carbocycles. The van der Waals surface area contributed by atoms with Gasteiger partial charge in [0.25, 0.3) is 0 Å². The lowest BCUT2D eigenvalue weighted by molar-refractivity contribution is 0.103. The lowest BCUT2D eigenvalue weighted by atomic mass is 10.2. The lowest BCUT2D eigenvalue weighted by Gasteiger charge is -2.15. The monoisotopic (exact) mass is 281 g/mol. The van der Waals surface area contributed by atoms with Gasteiger partial charge in [0.2, 0.25) is 0 Å². The van der Waals surface area contributed by atoms with E-state index in [1.165, 1.54) is 12.8 Å². The van der Waals surface area contributed by atoms with Gasteiger partial charge in [-0.2, -0.15) is 0 Å². The SMILES string of the molecule is CCC(CCBr)NCCOCCCOC. The Labute approximate surface area is 102 Å². The fourth-order valence-electron chi connectivity index (χ4n) is 1.32. The van der Waals surface area contributed by atoms with E-state index in [2.05, 4.69) is 28.2 Å². The molecule has 0 spiro atoms. The van der Waals surface area contributed by atoms with Crippen molar-refractivity contribution in [3.63, 3.8) is 0 Å². The van der Waals surface area contributed by atoms with Crippen LogP contribution in [0.3, 0.4) is 0 Å². The standard InChI is InChI=1S/C11H24BrNO2/c1-3-11(5-6-12)13-7-10-15-9-4-8-14-2/h11,13H,3-10H2,1-2H3. The molecular formula is C11H24BrNO2. The fourth-order valence-corrected chi connectivity index (χ4v) is 1.88. The van der Waals surface area contributed by atoms with Gasteiger partial charge < -0.3 is 14.8 Å². The number of methoxy groups -OCH3 is 1. The number of ether oxygens (including phenoxy) is 2. The van der Waals surface area contributed by atoms with Crippen LogP contribution >= 0.6 is 15.9 Å². The van der Waals surface area contributed by atoms with E-state index >= 15 is 0 Å². The zero-order chi connectivity index (χ0) is 11.4. The first kappa shape index (κ1) is 15.4. The number of rotatable bonds is 11. The highest BCUT2D eigenvalue weighted by Crippen LogP contribution is 1.99. The van der Waals surface area contributed by atoms with Gasteiger partial charge in [0.15, 0.2) is 0 Å². The van der Waals surface area contributed by atoms with Crippen LogP contribution in [-0.2, 0) is 9.47 Å². The Morgan fingerprint density at radius 3 is 2.67 bits per heavy atom. The maximum atomic E-state index is 5.45. The highest BCUT2D eigenvalue weighted by atomic mass is 79.9. The number of hydrogen-bond donors (Lipinski definition) is 1. The molecule has 0 heterocycles. The zero-order valence-electron chi connectivity index (χ0n) is 9.93. The first-order valence-electron chi connectivity index (χ1n) is 5.71. The molecule has 0 aliphatic carbocycles. The van der Waals surface area contributed by atoms with Crippen LogP contribution in [-0.4, -0.2) is 44.8 Å². The van der Waals surface area contributed by atoms with Crippen molar-refractivity contribution < 1.29 is 9.47 Å². The van der Waals surface area contributed by atoms with E-state index in [1.807, 2.05) is 0 Å². The van der Waals surface area contributed by atoms with Gasteiger partial charge in [-0.15, -0.1) is 0 Å². The van der Waals surface area contributed by atoms with Crippen molar-refractivity contribution in [3.05, 3.63) is 0 Å². The molecule has 0 bridgehead atoms. The predicted octanol–water partition coefficient (Wildman–Crippen LogP) is 2.19. The van der Waals surface area contributed by atoms with Crippen molar-refractivity contribution >= 4 is 15.9 Å². The van der Waals surface area contributed by atoms with Crippen molar-refractivity contribution in [2.45, 2.75) is 32.2 Å². The summed E-state index contributed by atoms with van der Waals surface area (Å²) in [6.07, 6.45) is 3.34. The maximum Gasteiger partial charge on any atom is 0.0591 e. The second kappa shape index (κ2) is 12.4. The molecule has 0 radical (unpaired) electrons. The van der Waals surface area contributed by atoms with Gasteiger partial charge in [-0.1, -0.05) is 22.9 Å². The van der Waals surface area contributed by atoms with Gasteiger partial charge >= 0.3 is 0 Å². The van der Waals surface area contributed by atoms with Crippen LogP contribution in [0.15, 0.2) is 0 Å². The Morgan fingerprint density at radius 2 is 2.07 bits per heavy atom. The van der Waals surface area contributed by atoms with Crippen molar-refractivity contribution in [2.75, 3.05) is 38.8 Å². The minimum absolute atomic E-state index is 0.618. The summed E-state index contributed by atoms with van der Waals surface area (Å²) in [4.78, 5) is 0. The largest absolute Gasteiger partial charge is 0.385 e. The minimum Gasteiger partial charge on any atom is -0.385 e. The summed E-state index contributed by atoms with van der Waals surface area (Å²) in [6.45, 7) is 5.53. The van der Waals surface area contributed by atoms with Crippen LogP contribution in [0.1, 0.15) is 26.2 Å². The molecule has 0 amide bonds. The Hall–Kier alpha value is 0.360. The number of alkyl halides is 1. The fraction of sp³-hybridized carbons (Fsp3) is 1.00. The van der Waals surface area contributed by atoms with Crippen molar-refractivity contribution in [1.29, 1.82) is 0 Å². The first-order valence-corrected chi connectivity index (χ1v) is 6.83. The zero-order valence-corrected chi connectivity index (χ0v) is 11.5. The lowest BCUT2D eigenvalue weighted by Crippen LogP contribution is -2.31. The summed E-state index contributed by atoms with van der Waals surface area (Å²) >= 11 is 3.46. The Morgan fingerprint density at radius 1 is 1.27 bits per heavy atom. The Balaban J connectivity index is 3.14. The number of hydrogen-bond acceptors (Lipinski definition) is 3. The predicted molar refractivity (Wildman–Crippen MR) is 67.8 cm³/mol. The van der Waals surface area contributed by atoms with Crippen LogP contribution < -0.4 is 5.32 Å². The summed E-state index contributed by atoms with van der Waals surface area (Å²) in [6, 6.07) is 0.618. The quantitative estimate of drug-likeness (QED) is 0.465. The average Bonchev–Trinajstić information content (AvgIpc) is 2.26. The molecule has 0 fully saturated rings. The third-order valence-electron chi connectivity index (χ3n) is 2.27. The maximum absolute atomic E-state index is 5.45. The van der Waals surface area contributed by atoms with Gasteiger partial charge in [-0.3, -0.25) is 0 Å². The minimum atomic E-state index is 0.618. The van der Waals surface area contributed by atoms with E-state index in [1.54, 1.807) is 7.11 Å². The second-order valence-electron chi connectivity index (χ2n) is 3.50. The molecule has 3 nitrogen and oxygen atoms in total. The van der Waals surface area contributed by atoms with E-state index in [0.717, 1.165) is 38.1 Å². The molecule has 0 aliphatic rings. The van der Waals surface area contributed by atoms with E-state index < -0.39 is 0 Å². The van der Waals surface area contributed by atoms with Crippen LogP contribution in [0.2, 0.25) is 0 Å². The molecule has 0 aromatic carbocycles. The smallest absolute Gasteiger partial charge is 0.0591 e. The number of nitrogens with one attached hydrogen (secondary N) is 1. The van der Waals surface area contributed by atoms with Crippen molar-refractivity contribution in [2.24, 2.45) is 0 Å². The van der Waals surface area contributed by atoms with Crippen LogP contribution in [0.4, 0.5) is 0 Å². The first-order chi connectivity index (χ1) is 7.35. The summed E-state index contributed by atoms with van der Waals surface area (Å²) < 4.78 is 10.4. The van der Waals surface area contributed by atoms with Gasteiger partial charge in [0.1, 0.15) is 0 Å². The molecule has 0 saturated heterocycles. The third-order valence-corrected chi connectivity index (χ3v) is 2.72. The molecule has 1 atom stereocenters. The molecule has 15 heavy (non-hydrogen) atoms. The van der Waals surface area contributed by atoms with Gasteiger partial charge in [0, 0.05) is 38.2 Å². The Kier molecular flexibility index (Phi) is 12.7. The summed E-state index contributed by atoms with van der Waals surface area (Å²) in [5.74, 6) is 0. The summed E-state index contributed by atoms with van der Waals surface area (Å²) in [5, 5.41) is 4.54. The number of halogens is 1. The van der Waals surface area contributed by atoms with E-state index in [9.17, 15) is 0 Å². The van der Waals surface area contributed by atoms with Crippen LogP contribution in [0, 0.1) is 0 Å². The van der Waals surface area contributed by atoms with Crippen LogP contribution in [0.5, 0.6) is 0 Å². The second-order valence-corrected chi connectivity index (χ2v) is 4.29. The summed E-state index contributed by atoms with van der Waals surface area (Å²) in [7, 11) is 1.72. The average molecular weight is 282 g/mol. The molecular weight excluding hydrogens is 258 g/mol. The molecule has 92 valence electrons. The molecule has 1 N–H and O–H groups in total. The van der Waals surface area contributed by atoms with E-state index in [4.69, 9.17) is 9.47 Å². The highest BCUT2D eigenvalue weighted by molar-refractivity contribution is 9.09. The third kappa shape index (κ3) is 10.6. The van der Waals surface area contributed by atoms with E-state index in [0.29, 0.717) is 6.04 Å². The molecule has 0 rings (SSSR count). The van der Waals surface area contributed by atoms with Crippen molar-refractivity contribution in [1.82, 2.24) is 5.32 Å².